The molecule has 2 amide bonds. The van der Waals surface area contributed by atoms with E-state index in [1.54, 1.807) is 7.11 Å². The van der Waals surface area contributed by atoms with Crippen LogP contribution in [-0.2, 0) is 17.8 Å². The van der Waals surface area contributed by atoms with Crippen LogP contribution in [0.1, 0.15) is 11.1 Å². The summed E-state index contributed by atoms with van der Waals surface area (Å²) >= 11 is 0. The molecule has 1 heterocycles. The van der Waals surface area contributed by atoms with E-state index in [9.17, 15) is 4.79 Å². The normalized spacial score (nSPS) is 14.2. The summed E-state index contributed by atoms with van der Waals surface area (Å²) in [5.74, 6) is 1.34. The van der Waals surface area contributed by atoms with Gasteiger partial charge in [0.2, 0.25) is 0 Å². The molecule has 0 radical (unpaired) electrons. The molecule has 7 heteroatoms. The smallest absolute Gasteiger partial charge is 0.315 e. The number of carbonyl (C=O) groups is 1. The second kappa shape index (κ2) is 11.3. The molecule has 0 aromatic heterocycles. The molecule has 1 saturated heterocycles. The zero-order valence-electron chi connectivity index (χ0n) is 16.9. The average Bonchev–Trinajstić information content (AvgIpc) is 2.76. The standard InChI is InChI=1S/C22H29N3O4/c1-27-20-7-2-3-8-21(20)29-12-9-23-22(26)24-16-18-5-4-6-19(15-18)17-25-10-13-28-14-11-25/h2-8,15H,9-14,16-17H2,1H3,(H2,23,24,26). The third kappa shape index (κ3) is 6.96. The van der Waals surface area contributed by atoms with Crippen molar-refractivity contribution in [2.75, 3.05) is 46.6 Å². The largest absolute Gasteiger partial charge is 0.493 e. The molecule has 0 unspecified atom stereocenters. The number of nitrogens with zero attached hydrogens (tertiary/aromatic N) is 1. The van der Waals surface area contributed by atoms with E-state index in [4.69, 9.17) is 14.2 Å². The maximum atomic E-state index is 12.0. The number of hydrogen-bond acceptors (Lipinski definition) is 5. The highest BCUT2D eigenvalue weighted by Crippen LogP contribution is 2.25. The summed E-state index contributed by atoms with van der Waals surface area (Å²) in [4.78, 5) is 14.4. The Bertz CT molecular complexity index is 778. The Labute approximate surface area is 171 Å². The minimum atomic E-state index is -0.216. The number of urea groups is 1. The van der Waals surface area contributed by atoms with Crippen molar-refractivity contribution < 1.29 is 19.0 Å². The lowest BCUT2D eigenvalue weighted by Gasteiger charge is -2.26. The topological polar surface area (TPSA) is 72.1 Å². The second-order valence-corrected chi connectivity index (χ2v) is 6.82. The van der Waals surface area contributed by atoms with Gasteiger partial charge >= 0.3 is 6.03 Å². The van der Waals surface area contributed by atoms with E-state index in [0.29, 0.717) is 31.2 Å². The molecule has 1 aliphatic heterocycles. The van der Waals surface area contributed by atoms with Crippen LogP contribution in [0.2, 0.25) is 0 Å². The van der Waals surface area contributed by atoms with Crippen molar-refractivity contribution in [1.29, 1.82) is 0 Å². The van der Waals surface area contributed by atoms with Crippen LogP contribution in [-0.4, -0.2) is 57.5 Å². The van der Waals surface area contributed by atoms with Crippen molar-refractivity contribution in [2.45, 2.75) is 13.1 Å². The fourth-order valence-electron chi connectivity index (χ4n) is 3.16. The quantitative estimate of drug-likeness (QED) is 0.634. The van der Waals surface area contributed by atoms with E-state index >= 15 is 0 Å². The Kier molecular flexibility index (Phi) is 8.15. The van der Waals surface area contributed by atoms with E-state index in [1.807, 2.05) is 36.4 Å². The number of rotatable bonds is 9. The summed E-state index contributed by atoms with van der Waals surface area (Å²) in [6.45, 7) is 5.66. The predicted octanol–water partition coefficient (Wildman–Crippen LogP) is 2.41. The van der Waals surface area contributed by atoms with Gasteiger partial charge in [0, 0.05) is 26.2 Å². The SMILES string of the molecule is COc1ccccc1OCCNC(=O)NCc1cccc(CN2CCOCC2)c1. The van der Waals surface area contributed by atoms with E-state index in [0.717, 1.165) is 38.4 Å². The van der Waals surface area contributed by atoms with Gasteiger partial charge in [-0.15, -0.1) is 0 Å². The zero-order chi connectivity index (χ0) is 20.3. The lowest BCUT2D eigenvalue weighted by atomic mass is 10.1. The van der Waals surface area contributed by atoms with E-state index in [-0.39, 0.29) is 6.03 Å². The van der Waals surface area contributed by atoms with Crippen LogP contribution in [0.15, 0.2) is 48.5 Å². The molecule has 0 bridgehead atoms. The fraction of sp³-hybridized carbons (Fsp3) is 0.409. The molecule has 3 rings (SSSR count). The molecule has 0 spiro atoms. The number of nitrogens with one attached hydrogen (secondary N) is 2. The zero-order valence-corrected chi connectivity index (χ0v) is 16.9. The fourth-order valence-corrected chi connectivity index (χ4v) is 3.16. The van der Waals surface area contributed by atoms with E-state index < -0.39 is 0 Å². The van der Waals surface area contributed by atoms with Crippen LogP contribution < -0.4 is 20.1 Å². The molecular weight excluding hydrogens is 370 g/mol. The minimum absolute atomic E-state index is 0.216. The van der Waals surface area contributed by atoms with Crippen LogP contribution in [0.3, 0.4) is 0 Å². The minimum Gasteiger partial charge on any atom is -0.493 e. The van der Waals surface area contributed by atoms with Crippen LogP contribution in [0.5, 0.6) is 11.5 Å². The molecule has 1 aliphatic rings. The van der Waals surface area contributed by atoms with Crippen molar-refractivity contribution in [2.24, 2.45) is 0 Å². The van der Waals surface area contributed by atoms with Gasteiger partial charge in [0.1, 0.15) is 6.61 Å². The molecule has 29 heavy (non-hydrogen) atoms. The molecule has 0 atom stereocenters. The van der Waals surface area contributed by atoms with Crippen LogP contribution >= 0.6 is 0 Å². The summed E-state index contributed by atoms with van der Waals surface area (Å²) < 4.78 is 16.3. The summed E-state index contributed by atoms with van der Waals surface area (Å²) in [6, 6.07) is 15.5. The summed E-state index contributed by atoms with van der Waals surface area (Å²) in [7, 11) is 1.60. The molecule has 2 N–H and O–H groups in total. The Morgan fingerprint density at radius 1 is 1.03 bits per heavy atom. The predicted molar refractivity (Wildman–Crippen MR) is 111 cm³/mol. The number of amides is 2. The van der Waals surface area contributed by atoms with Crippen molar-refractivity contribution in [3.8, 4) is 11.5 Å². The first-order valence-electron chi connectivity index (χ1n) is 9.90. The lowest BCUT2D eigenvalue weighted by Crippen LogP contribution is -2.37. The number of hydrogen-bond donors (Lipinski definition) is 2. The van der Waals surface area contributed by atoms with E-state index in [2.05, 4.69) is 27.7 Å². The summed E-state index contributed by atoms with van der Waals surface area (Å²) in [5, 5.41) is 5.69. The first kappa shape index (κ1) is 21.0. The molecule has 0 saturated carbocycles. The van der Waals surface area contributed by atoms with Gasteiger partial charge in [-0.3, -0.25) is 4.90 Å². The van der Waals surface area contributed by atoms with Gasteiger partial charge < -0.3 is 24.8 Å². The van der Waals surface area contributed by atoms with E-state index in [1.165, 1.54) is 5.56 Å². The van der Waals surface area contributed by atoms with Gasteiger partial charge in [-0.1, -0.05) is 36.4 Å². The average molecular weight is 399 g/mol. The molecule has 1 fully saturated rings. The maximum absolute atomic E-state index is 12.0. The number of ether oxygens (including phenoxy) is 3. The Morgan fingerprint density at radius 3 is 2.59 bits per heavy atom. The molecule has 7 nitrogen and oxygen atoms in total. The van der Waals surface area contributed by atoms with Gasteiger partial charge in [0.15, 0.2) is 11.5 Å². The number of carbonyl (C=O) groups excluding carboxylic acids is 1. The first-order valence-corrected chi connectivity index (χ1v) is 9.90. The third-order valence-corrected chi connectivity index (χ3v) is 4.67. The van der Waals surface area contributed by atoms with Crippen molar-refractivity contribution in [1.82, 2.24) is 15.5 Å². The van der Waals surface area contributed by atoms with Crippen LogP contribution in [0.25, 0.3) is 0 Å². The number of benzene rings is 2. The van der Waals surface area contributed by atoms with Crippen molar-refractivity contribution >= 4 is 6.03 Å². The summed E-state index contributed by atoms with van der Waals surface area (Å²) in [5.41, 5.74) is 2.33. The molecule has 0 aliphatic carbocycles. The van der Waals surface area contributed by atoms with Crippen LogP contribution in [0, 0.1) is 0 Å². The van der Waals surface area contributed by atoms with Crippen LogP contribution in [0.4, 0.5) is 4.79 Å². The highest BCUT2D eigenvalue weighted by atomic mass is 16.5. The third-order valence-electron chi connectivity index (χ3n) is 4.67. The Hall–Kier alpha value is -2.77. The molecule has 2 aromatic carbocycles. The highest BCUT2D eigenvalue weighted by Gasteiger charge is 2.11. The second-order valence-electron chi connectivity index (χ2n) is 6.82. The molecule has 156 valence electrons. The monoisotopic (exact) mass is 399 g/mol. The Morgan fingerprint density at radius 2 is 1.79 bits per heavy atom. The molecule has 2 aromatic rings. The van der Waals surface area contributed by atoms with Gasteiger partial charge in [0.05, 0.1) is 26.9 Å². The molecular formula is C22H29N3O4. The maximum Gasteiger partial charge on any atom is 0.315 e. The van der Waals surface area contributed by atoms with Gasteiger partial charge in [-0.2, -0.15) is 0 Å². The first-order chi connectivity index (χ1) is 14.2. The number of methoxy groups -OCH3 is 1. The summed E-state index contributed by atoms with van der Waals surface area (Å²) in [6.07, 6.45) is 0. The van der Waals surface area contributed by atoms with Gasteiger partial charge in [-0.25, -0.2) is 4.79 Å². The highest BCUT2D eigenvalue weighted by molar-refractivity contribution is 5.73. The number of para-hydroxylation sites is 2. The number of morpholine rings is 1. The Balaban J connectivity index is 1.36. The van der Waals surface area contributed by atoms with Gasteiger partial charge in [0.25, 0.3) is 0 Å². The van der Waals surface area contributed by atoms with Crippen molar-refractivity contribution in [3.63, 3.8) is 0 Å². The van der Waals surface area contributed by atoms with Gasteiger partial charge in [-0.05, 0) is 23.3 Å². The van der Waals surface area contributed by atoms with Crippen molar-refractivity contribution in [3.05, 3.63) is 59.7 Å². The lowest BCUT2D eigenvalue weighted by molar-refractivity contribution is 0.0342.